The molecule has 1 N–H and O–H groups in total. The second kappa shape index (κ2) is 7.41. The zero-order chi connectivity index (χ0) is 16.3. The standard InChI is InChI=1S/C16H14BrFINO2/c1-9(10-3-6-15(22-2)13(18)7-10)20-16(21)12-8-11(17)4-5-14(12)19/h3-9H,1-2H3,(H,20,21). The van der Waals surface area contributed by atoms with Gasteiger partial charge in [0, 0.05) is 8.04 Å². The van der Waals surface area contributed by atoms with E-state index in [4.69, 9.17) is 4.74 Å². The van der Waals surface area contributed by atoms with Gasteiger partial charge in [0.1, 0.15) is 0 Å². The first-order valence-corrected chi connectivity index (χ1v) is 8.39. The minimum atomic E-state index is -0.446. The van der Waals surface area contributed by atoms with Gasteiger partial charge >= 0.3 is 0 Å². The third-order valence-electron chi connectivity index (χ3n) is 3.20. The number of hydrogen-bond donors (Lipinski definition) is 1. The molecular weight excluding hydrogens is 464 g/mol. The van der Waals surface area contributed by atoms with E-state index >= 15 is 0 Å². The van der Waals surface area contributed by atoms with Gasteiger partial charge < -0.3 is 10.1 Å². The Morgan fingerprint density at radius 2 is 2.05 bits per heavy atom. The van der Waals surface area contributed by atoms with Crippen molar-refractivity contribution in [3.05, 3.63) is 61.4 Å². The van der Waals surface area contributed by atoms with E-state index in [-0.39, 0.29) is 17.7 Å². The average molecular weight is 478 g/mol. The number of methoxy groups -OCH3 is 1. The largest absolute Gasteiger partial charge is 0.494 e. The quantitative estimate of drug-likeness (QED) is 0.648. The van der Waals surface area contributed by atoms with E-state index in [0.717, 1.165) is 8.04 Å². The molecule has 1 atom stereocenters. The molecular formula is C16H14BrFINO2. The molecule has 1 amide bonds. The first-order valence-electron chi connectivity index (χ1n) is 6.51. The minimum Gasteiger partial charge on any atom is -0.494 e. The number of rotatable bonds is 4. The van der Waals surface area contributed by atoms with Crippen LogP contribution in [0.3, 0.4) is 0 Å². The van der Waals surface area contributed by atoms with E-state index in [1.807, 2.05) is 19.1 Å². The lowest BCUT2D eigenvalue weighted by atomic mass is 10.1. The molecule has 6 heteroatoms. The molecule has 2 rings (SSSR count). The number of benzene rings is 2. The Kier molecular flexibility index (Phi) is 5.80. The second-order valence-corrected chi connectivity index (χ2v) is 6.79. The van der Waals surface area contributed by atoms with Crippen molar-refractivity contribution in [2.45, 2.75) is 13.0 Å². The van der Waals surface area contributed by atoms with Crippen molar-refractivity contribution in [2.24, 2.45) is 0 Å². The molecule has 0 heterocycles. The van der Waals surface area contributed by atoms with Gasteiger partial charge in [-0.1, -0.05) is 22.0 Å². The van der Waals surface area contributed by atoms with Crippen LogP contribution in [0, 0.1) is 9.39 Å². The molecule has 0 aliphatic carbocycles. The van der Waals surface area contributed by atoms with Gasteiger partial charge in [0.25, 0.3) is 5.91 Å². The summed E-state index contributed by atoms with van der Waals surface area (Å²) in [5.74, 6) is -0.462. The summed E-state index contributed by atoms with van der Waals surface area (Å²) in [6, 6.07) is 9.84. The molecule has 0 radical (unpaired) electrons. The Hall–Kier alpha value is -1.15. The molecule has 0 aliphatic rings. The second-order valence-electron chi connectivity index (χ2n) is 4.71. The molecule has 0 spiro atoms. The first kappa shape index (κ1) is 17.2. The van der Waals surface area contributed by atoms with Gasteiger partial charge in [0.05, 0.1) is 18.7 Å². The highest BCUT2D eigenvalue weighted by Gasteiger charge is 2.15. The van der Waals surface area contributed by atoms with Gasteiger partial charge in [-0.3, -0.25) is 4.79 Å². The summed E-state index contributed by atoms with van der Waals surface area (Å²) >= 11 is 5.46. The topological polar surface area (TPSA) is 38.3 Å². The Morgan fingerprint density at radius 1 is 1.32 bits per heavy atom. The molecule has 3 nitrogen and oxygen atoms in total. The van der Waals surface area contributed by atoms with Crippen LogP contribution in [0.1, 0.15) is 28.9 Å². The molecule has 0 fully saturated rings. The van der Waals surface area contributed by atoms with Gasteiger partial charge in [0.15, 0.2) is 11.6 Å². The minimum absolute atomic E-state index is 0.184. The number of carbonyl (C=O) groups is 1. The van der Waals surface area contributed by atoms with Crippen molar-refractivity contribution in [2.75, 3.05) is 7.11 Å². The smallest absolute Gasteiger partial charge is 0.252 e. The fourth-order valence-electron chi connectivity index (χ4n) is 1.98. The third kappa shape index (κ3) is 3.98. The summed E-state index contributed by atoms with van der Waals surface area (Å²) in [5, 5.41) is 2.87. The van der Waals surface area contributed by atoms with Crippen LogP contribution in [0.4, 0.5) is 4.39 Å². The summed E-state index contributed by atoms with van der Waals surface area (Å²) in [5.41, 5.74) is 1.26. The molecule has 0 aromatic heterocycles. The lowest BCUT2D eigenvalue weighted by Gasteiger charge is -2.16. The van der Waals surface area contributed by atoms with Crippen molar-refractivity contribution in [3.63, 3.8) is 0 Å². The fourth-order valence-corrected chi connectivity index (χ4v) is 2.92. The average Bonchev–Trinajstić information content (AvgIpc) is 2.49. The lowest BCUT2D eigenvalue weighted by molar-refractivity contribution is 0.0939. The summed E-state index contributed by atoms with van der Waals surface area (Å²) < 4.78 is 20.3. The molecule has 2 aromatic carbocycles. The molecule has 22 heavy (non-hydrogen) atoms. The van der Waals surface area contributed by atoms with Crippen LogP contribution in [-0.4, -0.2) is 13.0 Å². The maximum Gasteiger partial charge on any atom is 0.252 e. The van der Waals surface area contributed by atoms with Crippen LogP contribution >= 0.6 is 38.5 Å². The number of ether oxygens (including phenoxy) is 1. The third-order valence-corrected chi connectivity index (χ3v) is 4.63. The van der Waals surface area contributed by atoms with E-state index in [0.29, 0.717) is 11.1 Å². The zero-order valence-electron chi connectivity index (χ0n) is 12.0. The van der Waals surface area contributed by atoms with Crippen LogP contribution in [0.5, 0.6) is 5.75 Å². The van der Waals surface area contributed by atoms with E-state index in [9.17, 15) is 9.18 Å². The number of nitrogens with one attached hydrogen (secondary N) is 1. The SMILES string of the molecule is COc1ccc(C(C)NC(=O)c2cc(Br)ccc2I)cc1F. The molecule has 0 saturated heterocycles. The van der Waals surface area contributed by atoms with Gasteiger partial charge in [-0.25, -0.2) is 4.39 Å². The molecule has 0 saturated carbocycles. The summed E-state index contributed by atoms with van der Waals surface area (Å²) in [7, 11) is 1.42. The van der Waals surface area contributed by atoms with Crippen LogP contribution in [0.2, 0.25) is 0 Å². The molecule has 116 valence electrons. The zero-order valence-corrected chi connectivity index (χ0v) is 15.7. The van der Waals surface area contributed by atoms with E-state index in [1.165, 1.54) is 13.2 Å². The van der Waals surface area contributed by atoms with Crippen LogP contribution in [0.25, 0.3) is 0 Å². The van der Waals surface area contributed by atoms with E-state index < -0.39 is 5.82 Å². The molecule has 0 bridgehead atoms. The van der Waals surface area contributed by atoms with Crippen molar-refractivity contribution >= 4 is 44.4 Å². The number of carbonyl (C=O) groups excluding carboxylic acids is 1. The summed E-state index contributed by atoms with van der Waals surface area (Å²) in [6.45, 7) is 1.81. The predicted octanol–water partition coefficient (Wildman–Crippen LogP) is 4.69. The maximum atomic E-state index is 13.7. The van der Waals surface area contributed by atoms with Crippen molar-refractivity contribution < 1.29 is 13.9 Å². The number of halogens is 3. The Morgan fingerprint density at radius 3 is 2.68 bits per heavy atom. The van der Waals surface area contributed by atoms with E-state index in [2.05, 4.69) is 43.8 Å². The van der Waals surface area contributed by atoms with Crippen LogP contribution in [0.15, 0.2) is 40.9 Å². The Bertz CT molecular complexity index is 709. The summed E-state index contributed by atoms with van der Waals surface area (Å²) in [6.07, 6.45) is 0. The Labute approximate surface area is 150 Å². The van der Waals surface area contributed by atoms with Crippen LogP contribution < -0.4 is 10.1 Å². The first-order chi connectivity index (χ1) is 10.4. The van der Waals surface area contributed by atoms with Gasteiger partial charge in [0.2, 0.25) is 0 Å². The number of hydrogen-bond acceptors (Lipinski definition) is 2. The van der Waals surface area contributed by atoms with Crippen molar-refractivity contribution in [1.82, 2.24) is 5.32 Å². The molecule has 2 aromatic rings. The van der Waals surface area contributed by atoms with E-state index in [1.54, 1.807) is 18.2 Å². The highest BCUT2D eigenvalue weighted by Crippen LogP contribution is 2.23. The summed E-state index contributed by atoms with van der Waals surface area (Å²) in [4.78, 5) is 12.4. The molecule has 1 unspecified atom stereocenters. The number of amides is 1. The normalized spacial score (nSPS) is 11.9. The predicted molar refractivity (Wildman–Crippen MR) is 95.7 cm³/mol. The fraction of sp³-hybridized carbons (Fsp3) is 0.188. The lowest BCUT2D eigenvalue weighted by Crippen LogP contribution is -2.27. The van der Waals surface area contributed by atoms with Gasteiger partial charge in [-0.05, 0) is 65.4 Å². The Balaban J connectivity index is 2.17. The highest BCUT2D eigenvalue weighted by atomic mass is 127. The van der Waals surface area contributed by atoms with Gasteiger partial charge in [-0.15, -0.1) is 0 Å². The van der Waals surface area contributed by atoms with Crippen molar-refractivity contribution in [3.8, 4) is 5.75 Å². The van der Waals surface area contributed by atoms with Gasteiger partial charge in [-0.2, -0.15) is 0 Å². The maximum absolute atomic E-state index is 13.7. The van der Waals surface area contributed by atoms with Crippen LogP contribution in [-0.2, 0) is 0 Å². The molecule has 0 aliphatic heterocycles. The monoisotopic (exact) mass is 477 g/mol. The highest BCUT2D eigenvalue weighted by molar-refractivity contribution is 14.1. The van der Waals surface area contributed by atoms with Crippen molar-refractivity contribution in [1.29, 1.82) is 0 Å².